The Morgan fingerprint density at radius 2 is 2.39 bits per heavy atom. The highest BCUT2D eigenvalue weighted by atomic mass is 35.5. The van der Waals surface area contributed by atoms with Gasteiger partial charge in [-0.2, -0.15) is 5.26 Å². The maximum absolute atomic E-state index is 10.9. The molecule has 1 fully saturated rings. The van der Waals surface area contributed by atoms with Gasteiger partial charge in [-0.25, -0.2) is 4.79 Å². The maximum Gasteiger partial charge on any atom is 0.334 e. The van der Waals surface area contributed by atoms with Gasteiger partial charge in [-0.15, -0.1) is 0 Å². The fourth-order valence-corrected chi connectivity index (χ4v) is 2.06. The summed E-state index contributed by atoms with van der Waals surface area (Å²) in [6.45, 7) is 1.11. The Hall–Kier alpha value is -1.77. The first-order chi connectivity index (χ1) is 8.61. The predicted molar refractivity (Wildman–Crippen MR) is 65.8 cm³/mol. The van der Waals surface area contributed by atoms with E-state index >= 15 is 0 Å². The lowest BCUT2D eigenvalue weighted by atomic mass is 10.1. The van der Waals surface area contributed by atoms with Crippen LogP contribution in [0.5, 0.6) is 0 Å². The van der Waals surface area contributed by atoms with Crippen LogP contribution in [0.2, 0.25) is 5.02 Å². The van der Waals surface area contributed by atoms with Crippen LogP contribution in [0.25, 0.3) is 0 Å². The fourth-order valence-electron chi connectivity index (χ4n) is 1.89. The molecule has 1 aromatic carbocycles. The summed E-state index contributed by atoms with van der Waals surface area (Å²) in [5.41, 5.74) is 1.13. The van der Waals surface area contributed by atoms with E-state index in [-0.39, 0.29) is 6.54 Å². The van der Waals surface area contributed by atoms with Crippen molar-refractivity contribution in [2.24, 2.45) is 0 Å². The van der Waals surface area contributed by atoms with E-state index in [0.717, 1.165) is 0 Å². The van der Waals surface area contributed by atoms with E-state index in [1.165, 1.54) is 0 Å². The standard InChI is InChI=1S/C12H11ClN2O3/c13-9-1-2-10(8(5-9)6-14)15-3-4-18-11(7-15)12(16)17/h1-2,5,11H,3-4,7H2,(H,16,17). The molecule has 94 valence electrons. The van der Waals surface area contributed by atoms with Gasteiger partial charge in [-0.3, -0.25) is 0 Å². The van der Waals surface area contributed by atoms with Crippen LogP contribution in [-0.2, 0) is 9.53 Å². The SMILES string of the molecule is N#Cc1cc(Cl)ccc1N1CCOC(C(=O)O)C1. The summed E-state index contributed by atoms with van der Waals surface area (Å²) >= 11 is 5.83. The second-order valence-corrected chi connectivity index (χ2v) is 4.35. The molecule has 0 amide bonds. The smallest absolute Gasteiger partial charge is 0.334 e. The summed E-state index contributed by atoms with van der Waals surface area (Å²) in [5, 5.41) is 18.5. The van der Waals surface area contributed by atoms with Crippen molar-refractivity contribution in [1.82, 2.24) is 0 Å². The van der Waals surface area contributed by atoms with E-state index < -0.39 is 12.1 Å². The fraction of sp³-hybridized carbons (Fsp3) is 0.333. The zero-order valence-electron chi connectivity index (χ0n) is 9.47. The number of nitrogens with zero attached hydrogens (tertiary/aromatic N) is 2. The number of aliphatic carboxylic acids is 1. The molecular formula is C12H11ClN2O3. The monoisotopic (exact) mass is 266 g/mol. The third-order valence-electron chi connectivity index (χ3n) is 2.76. The van der Waals surface area contributed by atoms with Gasteiger partial charge in [0.25, 0.3) is 0 Å². The minimum atomic E-state index is -0.993. The van der Waals surface area contributed by atoms with Crippen LogP contribution in [0.1, 0.15) is 5.56 Å². The quantitative estimate of drug-likeness (QED) is 0.878. The van der Waals surface area contributed by atoms with E-state index in [0.29, 0.717) is 29.4 Å². The normalized spacial score (nSPS) is 19.3. The van der Waals surface area contributed by atoms with Crippen molar-refractivity contribution in [2.45, 2.75) is 6.10 Å². The Morgan fingerprint density at radius 3 is 3.06 bits per heavy atom. The molecule has 1 aromatic rings. The van der Waals surface area contributed by atoms with Gasteiger partial charge in [0, 0.05) is 11.6 Å². The van der Waals surface area contributed by atoms with Gasteiger partial charge in [-0.1, -0.05) is 11.6 Å². The highest BCUT2D eigenvalue weighted by Crippen LogP contribution is 2.25. The van der Waals surface area contributed by atoms with Crippen LogP contribution in [0.4, 0.5) is 5.69 Å². The summed E-state index contributed by atoms with van der Waals surface area (Å²) in [6.07, 6.45) is -0.860. The highest BCUT2D eigenvalue weighted by Gasteiger charge is 2.27. The molecule has 5 nitrogen and oxygen atoms in total. The number of benzene rings is 1. The van der Waals surface area contributed by atoms with Crippen LogP contribution < -0.4 is 4.90 Å². The van der Waals surface area contributed by atoms with E-state index in [9.17, 15) is 4.79 Å². The maximum atomic E-state index is 10.9. The Morgan fingerprint density at radius 1 is 1.61 bits per heavy atom. The van der Waals surface area contributed by atoms with Gasteiger partial charge in [0.05, 0.1) is 24.4 Å². The third kappa shape index (κ3) is 2.55. The topological polar surface area (TPSA) is 73.6 Å². The van der Waals surface area contributed by atoms with E-state index in [1.54, 1.807) is 18.2 Å². The number of morpholine rings is 1. The average molecular weight is 267 g/mol. The first kappa shape index (κ1) is 12.7. The molecule has 1 N–H and O–H groups in total. The van der Waals surface area contributed by atoms with Crippen LogP contribution in [0.3, 0.4) is 0 Å². The van der Waals surface area contributed by atoms with Crippen LogP contribution in [0, 0.1) is 11.3 Å². The van der Waals surface area contributed by atoms with Crippen LogP contribution >= 0.6 is 11.6 Å². The number of hydrogen-bond acceptors (Lipinski definition) is 4. The average Bonchev–Trinajstić information content (AvgIpc) is 2.38. The van der Waals surface area contributed by atoms with Crippen molar-refractivity contribution in [3.8, 4) is 6.07 Å². The second kappa shape index (κ2) is 5.25. The molecule has 0 spiro atoms. The molecule has 1 heterocycles. The number of carbonyl (C=O) groups is 1. The molecule has 0 saturated carbocycles. The number of carboxylic acid groups (broad SMARTS) is 1. The third-order valence-corrected chi connectivity index (χ3v) is 3.00. The number of hydrogen-bond donors (Lipinski definition) is 1. The number of carboxylic acids is 1. The van der Waals surface area contributed by atoms with E-state index in [4.69, 9.17) is 26.7 Å². The van der Waals surface area contributed by atoms with Gasteiger partial charge in [0.1, 0.15) is 6.07 Å². The first-order valence-corrected chi connectivity index (χ1v) is 5.78. The van der Waals surface area contributed by atoms with Crippen molar-refractivity contribution < 1.29 is 14.6 Å². The lowest BCUT2D eigenvalue weighted by molar-refractivity contribution is -0.150. The minimum Gasteiger partial charge on any atom is -0.479 e. The lowest BCUT2D eigenvalue weighted by Gasteiger charge is -2.33. The molecule has 0 radical (unpaired) electrons. The highest BCUT2D eigenvalue weighted by molar-refractivity contribution is 6.30. The molecule has 1 atom stereocenters. The zero-order chi connectivity index (χ0) is 13.1. The van der Waals surface area contributed by atoms with E-state index in [2.05, 4.69) is 6.07 Å². The summed E-state index contributed by atoms with van der Waals surface area (Å²) in [7, 11) is 0. The molecule has 2 rings (SSSR count). The number of ether oxygens (including phenoxy) is 1. The summed E-state index contributed by atoms with van der Waals surface area (Å²) in [4.78, 5) is 12.7. The Bertz CT molecular complexity index is 513. The molecule has 6 heteroatoms. The second-order valence-electron chi connectivity index (χ2n) is 3.92. The molecule has 0 aliphatic carbocycles. The minimum absolute atomic E-state index is 0.228. The van der Waals surface area contributed by atoms with Gasteiger partial charge in [0.2, 0.25) is 0 Å². The molecule has 1 aliphatic rings. The van der Waals surface area contributed by atoms with Crippen LogP contribution in [-0.4, -0.2) is 36.9 Å². The van der Waals surface area contributed by atoms with Crippen molar-refractivity contribution in [2.75, 3.05) is 24.6 Å². The lowest BCUT2D eigenvalue weighted by Crippen LogP contribution is -2.46. The number of anilines is 1. The van der Waals surface area contributed by atoms with Gasteiger partial charge >= 0.3 is 5.97 Å². The Balaban J connectivity index is 2.26. The number of halogens is 1. The Labute approximate surface area is 109 Å². The summed E-state index contributed by atoms with van der Waals surface area (Å²) in [6, 6.07) is 7.05. The van der Waals surface area contributed by atoms with Gasteiger partial charge < -0.3 is 14.7 Å². The summed E-state index contributed by atoms with van der Waals surface area (Å²) in [5.74, 6) is -0.993. The Kier molecular flexibility index (Phi) is 3.70. The molecule has 1 saturated heterocycles. The van der Waals surface area contributed by atoms with Crippen molar-refractivity contribution in [1.29, 1.82) is 5.26 Å². The van der Waals surface area contributed by atoms with Crippen LogP contribution in [0.15, 0.2) is 18.2 Å². The molecule has 18 heavy (non-hydrogen) atoms. The van der Waals surface area contributed by atoms with Gasteiger partial charge in [0.15, 0.2) is 6.10 Å². The molecular weight excluding hydrogens is 256 g/mol. The molecule has 1 unspecified atom stereocenters. The van der Waals surface area contributed by atoms with Crippen molar-refractivity contribution >= 4 is 23.3 Å². The predicted octanol–water partition coefficient (Wildman–Crippen LogP) is 1.50. The molecule has 0 bridgehead atoms. The van der Waals surface area contributed by atoms with Crippen molar-refractivity contribution in [3.05, 3.63) is 28.8 Å². The zero-order valence-corrected chi connectivity index (χ0v) is 10.2. The first-order valence-electron chi connectivity index (χ1n) is 5.41. The van der Waals surface area contributed by atoms with Gasteiger partial charge in [-0.05, 0) is 18.2 Å². The number of rotatable bonds is 2. The number of nitriles is 1. The van der Waals surface area contributed by atoms with Crippen molar-refractivity contribution in [3.63, 3.8) is 0 Å². The molecule has 1 aliphatic heterocycles. The molecule has 0 aromatic heterocycles. The summed E-state index contributed by atoms with van der Waals surface area (Å²) < 4.78 is 5.14. The van der Waals surface area contributed by atoms with E-state index in [1.807, 2.05) is 4.90 Å². The largest absolute Gasteiger partial charge is 0.479 e.